The second-order valence-electron chi connectivity index (χ2n) is 7.02. The van der Waals surface area contributed by atoms with Crippen molar-refractivity contribution in [2.24, 2.45) is 0 Å². The maximum Gasteiger partial charge on any atom is 0.341 e. The smallest absolute Gasteiger partial charge is 0.341 e. The highest BCUT2D eigenvalue weighted by molar-refractivity contribution is 7.18. The molecule has 2 aromatic rings. The summed E-state index contributed by atoms with van der Waals surface area (Å²) in [5.74, 6) is -1.05. The van der Waals surface area contributed by atoms with Crippen LogP contribution in [0.3, 0.4) is 0 Å². The molecule has 7 heteroatoms. The molecule has 0 saturated heterocycles. The van der Waals surface area contributed by atoms with Crippen LogP contribution < -0.4 is 5.32 Å². The number of anilines is 1. The number of esters is 1. The molecular formula is C22H28N2O4S. The number of carbonyl (C=O) groups excluding carboxylic acids is 3. The lowest BCUT2D eigenvalue weighted by molar-refractivity contribution is 0.0379. The van der Waals surface area contributed by atoms with E-state index in [1.165, 1.54) is 0 Å². The van der Waals surface area contributed by atoms with Gasteiger partial charge >= 0.3 is 5.97 Å². The number of hydrogen-bond donors (Lipinski definition) is 1. The van der Waals surface area contributed by atoms with Gasteiger partial charge in [0, 0.05) is 18.7 Å². The van der Waals surface area contributed by atoms with Crippen LogP contribution in [0.1, 0.15) is 69.2 Å². The van der Waals surface area contributed by atoms with E-state index in [-0.39, 0.29) is 23.5 Å². The van der Waals surface area contributed by atoms with Gasteiger partial charge < -0.3 is 15.0 Å². The van der Waals surface area contributed by atoms with Crippen molar-refractivity contribution >= 4 is 34.1 Å². The monoisotopic (exact) mass is 416 g/mol. The molecule has 0 fully saturated rings. The third kappa shape index (κ3) is 5.23. The molecule has 0 spiro atoms. The second-order valence-corrected chi connectivity index (χ2v) is 8.04. The summed E-state index contributed by atoms with van der Waals surface area (Å²) in [6.45, 7) is 12.0. The zero-order valence-corrected chi connectivity index (χ0v) is 18.6. The van der Waals surface area contributed by atoms with Gasteiger partial charge in [0.2, 0.25) is 0 Å². The summed E-state index contributed by atoms with van der Waals surface area (Å²) in [6.07, 6.45) is -0.316. The van der Waals surface area contributed by atoms with Crippen molar-refractivity contribution in [3.8, 4) is 0 Å². The summed E-state index contributed by atoms with van der Waals surface area (Å²) in [4.78, 5) is 40.5. The lowest BCUT2D eigenvalue weighted by Crippen LogP contribution is -2.30. The van der Waals surface area contributed by atoms with E-state index in [1.54, 1.807) is 43.9 Å². The Bertz CT molecular complexity index is 914. The zero-order valence-electron chi connectivity index (χ0n) is 17.8. The molecule has 0 saturated carbocycles. The van der Waals surface area contributed by atoms with Crippen LogP contribution in [0.4, 0.5) is 5.00 Å². The molecule has 29 heavy (non-hydrogen) atoms. The average Bonchev–Trinajstić information content (AvgIpc) is 2.98. The Hall–Kier alpha value is -2.67. The highest BCUT2D eigenvalue weighted by Gasteiger charge is 2.29. The van der Waals surface area contributed by atoms with Gasteiger partial charge in [-0.3, -0.25) is 9.59 Å². The first-order valence-electron chi connectivity index (χ1n) is 9.71. The fraction of sp³-hybridized carbons (Fsp3) is 0.409. The molecule has 1 aromatic heterocycles. The van der Waals surface area contributed by atoms with E-state index in [4.69, 9.17) is 4.74 Å². The number of nitrogens with zero attached hydrogens (tertiary/aromatic N) is 1. The SMILES string of the molecule is CCN(CC)C(=O)c1sc(NC(=O)c2cccc(C)c2)c(C(=O)OC(C)C)c1C. The van der Waals surface area contributed by atoms with E-state index in [0.29, 0.717) is 34.1 Å². The third-order valence-corrected chi connectivity index (χ3v) is 5.64. The molecule has 0 unspecified atom stereocenters. The minimum absolute atomic E-state index is 0.160. The topological polar surface area (TPSA) is 75.7 Å². The van der Waals surface area contributed by atoms with Gasteiger partial charge in [-0.2, -0.15) is 0 Å². The first kappa shape index (κ1) is 22.6. The molecule has 0 radical (unpaired) electrons. The Balaban J connectivity index is 2.48. The van der Waals surface area contributed by atoms with Gasteiger partial charge in [0.05, 0.1) is 16.5 Å². The van der Waals surface area contributed by atoms with Crippen molar-refractivity contribution in [3.05, 3.63) is 51.4 Å². The zero-order chi connectivity index (χ0) is 21.7. The molecular weight excluding hydrogens is 388 g/mol. The summed E-state index contributed by atoms with van der Waals surface area (Å²) in [5, 5.41) is 3.14. The number of rotatable bonds is 7. The molecule has 1 N–H and O–H groups in total. The van der Waals surface area contributed by atoms with E-state index in [1.807, 2.05) is 26.8 Å². The van der Waals surface area contributed by atoms with Crippen molar-refractivity contribution in [1.29, 1.82) is 0 Å². The van der Waals surface area contributed by atoms with Crippen molar-refractivity contribution in [2.45, 2.75) is 47.6 Å². The molecule has 2 amide bonds. The van der Waals surface area contributed by atoms with Crippen LogP contribution in [0.2, 0.25) is 0 Å². The number of thiophene rings is 1. The fourth-order valence-corrected chi connectivity index (χ4v) is 4.10. The average molecular weight is 417 g/mol. The summed E-state index contributed by atoms with van der Waals surface area (Å²) in [6, 6.07) is 7.17. The van der Waals surface area contributed by atoms with Crippen LogP contribution >= 0.6 is 11.3 Å². The maximum absolute atomic E-state index is 12.9. The van der Waals surface area contributed by atoms with Gasteiger partial charge in [0.1, 0.15) is 5.00 Å². The summed E-state index contributed by atoms with van der Waals surface area (Å²) >= 11 is 1.11. The Morgan fingerprint density at radius 3 is 2.34 bits per heavy atom. The fourth-order valence-electron chi connectivity index (χ4n) is 2.94. The van der Waals surface area contributed by atoms with Crippen LogP contribution in [0, 0.1) is 13.8 Å². The summed E-state index contributed by atoms with van der Waals surface area (Å²) in [7, 11) is 0. The molecule has 0 bridgehead atoms. The first-order chi connectivity index (χ1) is 13.7. The number of aryl methyl sites for hydroxylation is 1. The lowest BCUT2D eigenvalue weighted by atomic mass is 10.1. The van der Waals surface area contributed by atoms with Crippen LogP contribution in [-0.2, 0) is 4.74 Å². The largest absolute Gasteiger partial charge is 0.459 e. The quantitative estimate of drug-likeness (QED) is 0.666. The summed E-state index contributed by atoms with van der Waals surface area (Å²) < 4.78 is 5.36. The maximum atomic E-state index is 12.9. The van der Waals surface area contributed by atoms with E-state index in [2.05, 4.69) is 5.32 Å². The Morgan fingerprint density at radius 1 is 1.14 bits per heavy atom. The Labute approximate surface area is 175 Å². The normalized spacial score (nSPS) is 10.7. The standard InChI is InChI=1S/C22H28N2O4S/c1-7-24(8-2)21(26)18-15(6)17(22(27)28-13(3)4)20(29-18)23-19(25)16-11-9-10-14(5)12-16/h9-13H,7-8H2,1-6H3,(H,23,25). The van der Waals surface area contributed by atoms with Crippen molar-refractivity contribution in [3.63, 3.8) is 0 Å². The van der Waals surface area contributed by atoms with Gasteiger partial charge in [-0.05, 0) is 59.2 Å². The minimum atomic E-state index is -0.549. The van der Waals surface area contributed by atoms with Crippen LogP contribution in [-0.4, -0.2) is 41.9 Å². The molecule has 156 valence electrons. The van der Waals surface area contributed by atoms with Crippen LogP contribution in [0.15, 0.2) is 24.3 Å². The molecule has 0 atom stereocenters. The van der Waals surface area contributed by atoms with Crippen LogP contribution in [0.5, 0.6) is 0 Å². The number of ether oxygens (including phenoxy) is 1. The van der Waals surface area contributed by atoms with E-state index < -0.39 is 5.97 Å². The molecule has 1 heterocycles. The van der Waals surface area contributed by atoms with Gasteiger partial charge in [-0.25, -0.2) is 4.79 Å². The lowest BCUT2D eigenvalue weighted by Gasteiger charge is -2.18. The molecule has 6 nitrogen and oxygen atoms in total. The van der Waals surface area contributed by atoms with E-state index in [0.717, 1.165) is 16.9 Å². The van der Waals surface area contributed by atoms with E-state index >= 15 is 0 Å². The minimum Gasteiger partial charge on any atom is -0.459 e. The summed E-state index contributed by atoms with van der Waals surface area (Å²) in [5.41, 5.74) is 2.20. The highest BCUT2D eigenvalue weighted by Crippen LogP contribution is 2.35. The van der Waals surface area contributed by atoms with Gasteiger partial charge in [0.25, 0.3) is 11.8 Å². The molecule has 1 aromatic carbocycles. The number of amides is 2. The predicted molar refractivity (Wildman–Crippen MR) is 116 cm³/mol. The van der Waals surface area contributed by atoms with Crippen LogP contribution in [0.25, 0.3) is 0 Å². The molecule has 0 aliphatic heterocycles. The first-order valence-corrected chi connectivity index (χ1v) is 10.5. The number of carbonyl (C=O) groups is 3. The molecule has 0 aliphatic carbocycles. The van der Waals surface area contributed by atoms with Crippen molar-refractivity contribution < 1.29 is 19.1 Å². The number of hydrogen-bond acceptors (Lipinski definition) is 5. The van der Waals surface area contributed by atoms with Gasteiger partial charge in [-0.1, -0.05) is 17.7 Å². The second kappa shape index (κ2) is 9.69. The Kier molecular flexibility index (Phi) is 7.56. The van der Waals surface area contributed by atoms with Gasteiger partial charge in [-0.15, -0.1) is 11.3 Å². The van der Waals surface area contributed by atoms with E-state index in [9.17, 15) is 14.4 Å². The van der Waals surface area contributed by atoms with Gasteiger partial charge in [0.15, 0.2) is 0 Å². The highest BCUT2D eigenvalue weighted by atomic mass is 32.1. The number of nitrogens with one attached hydrogen (secondary N) is 1. The third-order valence-electron chi connectivity index (χ3n) is 4.45. The molecule has 2 rings (SSSR count). The van der Waals surface area contributed by atoms with Crippen molar-refractivity contribution in [1.82, 2.24) is 4.90 Å². The predicted octanol–water partition coefficient (Wildman–Crippen LogP) is 4.66. The Morgan fingerprint density at radius 2 is 1.79 bits per heavy atom. The van der Waals surface area contributed by atoms with Crippen molar-refractivity contribution in [2.75, 3.05) is 18.4 Å². The molecule has 0 aliphatic rings. The number of benzene rings is 1.